The number of hydrogen-bond donors (Lipinski definition) is 1. The summed E-state index contributed by atoms with van der Waals surface area (Å²) in [6, 6.07) is 0. The molecule has 0 aliphatic heterocycles. The zero-order valence-corrected chi connectivity index (χ0v) is 14.1. The van der Waals surface area contributed by atoms with Gasteiger partial charge in [0.05, 0.1) is 5.69 Å². The number of methoxy groups -OCH3 is 1. The van der Waals surface area contributed by atoms with Gasteiger partial charge in [0.2, 0.25) is 0 Å². The van der Waals surface area contributed by atoms with Crippen molar-refractivity contribution in [1.29, 1.82) is 0 Å². The zero-order chi connectivity index (χ0) is 16.2. The molecule has 120 valence electrons. The molecule has 1 rings (SSSR count). The van der Waals surface area contributed by atoms with E-state index < -0.39 is 15.0 Å². The second-order valence-electron chi connectivity index (χ2n) is 4.98. The number of rotatable bonds is 7. The molecular formula is C12H20ClN3O4S. The summed E-state index contributed by atoms with van der Waals surface area (Å²) in [6.07, 6.45) is 0.642. The number of aromatic amines is 1. The van der Waals surface area contributed by atoms with Gasteiger partial charge in [-0.15, -0.1) is 0 Å². The van der Waals surface area contributed by atoms with Crippen LogP contribution in [0.1, 0.15) is 42.4 Å². The van der Waals surface area contributed by atoms with Crippen molar-refractivity contribution < 1.29 is 17.9 Å². The number of H-pyrrole nitrogens is 1. The number of hydrogen-bond acceptors (Lipinski definition) is 5. The van der Waals surface area contributed by atoms with Crippen molar-refractivity contribution in [2.24, 2.45) is 0 Å². The van der Waals surface area contributed by atoms with Gasteiger partial charge in [-0.25, -0.2) is 8.42 Å². The number of carbonyl (C=O) groups excluding carboxylic acids is 1. The van der Waals surface area contributed by atoms with Crippen LogP contribution in [-0.2, 0) is 13.8 Å². The molecule has 9 heteroatoms. The highest BCUT2D eigenvalue weighted by atomic mass is 35.7. The van der Waals surface area contributed by atoms with Gasteiger partial charge in [0.1, 0.15) is 4.90 Å². The fourth-order valence-electron chi connectivity index (χ4n) is 1.86. The Labute approximate surface area is 129 Å². The quantitative estimate of drug-likeness (QED) is 0.602. The molecule has 1 aromatic heterocycles. The summed E-state index contributed by atoms with van der Waals surface area (Å²) in [6.45, 7) is 4.51. The van der Waals surface area contributed by atoms with Crippen molar-refractivity contribution in [3.05, 3.63) is 11.4 Å². The predicted octanol–water partition coefficient (Wildman–Crippen LogP) is 1.57. The fourth-order valence-corrected chi connectivity index (χ4v) is 3.23. The Hall–Kier alpha value is -1.12. The lowest BCUT2D eigenvalue weighted by Crippen LogP contribution is -2.29. The molecule has 0 fully saturated rings. The highest BCUT2D eigenvalue weighted by molar-refractivity contribution is 8.13. The van der Waals surface area contributed by atoms with E-state index >= 15 is 0 Å². The average molecular weight is 338 g/mol. The third-order valence-electron chi connectivity index (χ3n) is 2.96. The van der Waals surface area contributed by atoms with Crippen LogP contribution >= 0.6 is 10.7 Å². The Kier molecular flexibility index (Phi) is 6.18. The number of nitrogens with zero attached hydrogens (tertiary/aromatic N) is 2. The molecule has 0 radical (unpaired) electrons. The molecule has 1 aromatic rings. The van der Waals surface area contributed by atoms with Crippen molar-refractivity contribution >= 4 is 25.6 Å². The molecule has 0 aromatic carbocycles. The van der Waals surface area contributed by atoms with Crippen LogP contribution in [-0.4, -0.2) is 56.7 Å². The molecule has 0 bridgehead atoms. The minimum absolute atomic E-state index is 0.152. The Morgan fingerprint density at radius 1 is 1.48 bits per heavy atom. The molecule has 1 amide bonds. The molecule has 0 saturated heterocycles. The van der Waals surface area contributed by atoms with Crippen molar-refractivity contribution in [2.45, 2.75) is 31.1 Å². The molecule has 0 aliphatic rings. The Bertz CT molecular complexity index is 598. The Morgan fingerprint density at radius 3 is 2.57 bits per heavy atom. The Balaban J connectivity index is 3.11. The average Bonchev–Trinajstić information content (AvgIpc) is 2.82. The van der Waals surface area contributed by atoms with Crippen molar-refractivity contribution in [2.75, 3.05) is 27.3 Å². The van der Waals surface area contributed by atoms with Crippen LogP contribution in [0.25, 0.3) is 0 Å². The second kappa shape index (κ2) is 7.24. The monoisotopic (exact) mass is 337 g/mol. The summed E-state index contributed by atoms with van der Waals surface area (Å²) in [4.78, 5) is 13.5. The van der Waals surface area contributed by atoms with Gasteiger partial charge in [-0.05, 0) is 12.3 Å². The third-order valence-corrected chi connectivity index (χ3v) is 4.32. The van der Waals surface area contributed by atoms with E-state index in [4.69, 9.17) is 15.4 Å². The van der Waals surface area contributed by atoms with Crippen LogP contribution in [0.4, 0.5) is 0 Å². The molecular weight excluding hydrogens is 318 g/mol. The van der Waals surface area contributed by atoms with Crippen LogP contribution in [0.15, 0.2) is 4.90 Å². The predicted molar refractivity (Wildman–Crippen MR) is 79.2 cm³/mol. The summed E-state index contributed by atoms with van der Waals surface area (Å²) in [5, 5.41) is 6.44. The topological polar surface area (TPSA) is 92.4 Å². The first-order valence-electron chi connectivity index (χ1n) is 6.47. The van der Waals surface area contributed by atoms with Crippen molar-refractivity contribution in [1.82, 2.24) is 15.1 Å². The number of aromatic nitrogens is 2. The van der Waals surface area contributed by atoms with Crippen molar-refractivity contribution in [3.8, 4) is 0 Å². The number of ether oxygens (including phenoxy) is 1. The second-order valence-corrected chi connectivity index (χ2v) is 7.48. The first-order chi connectivity index (χ1) is 9.70. The van der Waals surface area contributed by atoms with Gasteiger partial charge < -0.3 is 9.64 Å². The van der Waals surface area contributed by atoms with E-state index in [1.54, 1.807) is 28.0 Å². The molecule has 7 nitrogen and oxygen atoms in total. The summed E-state index contributed by atoms with van der Waals surface area (Å²) in [5.74, 6) is -0.644. The van der Waals surface area contributed by atoms with Gasteiger partial charge in [0.15, 0.2) is 5.69 Å². The lowest BCUT2D eigenvalue weighted by Gasteiger charge is -2.16. The smallest absolute Gasteiger partial charge is 0.275 e. The largest absolute Gasteiger partial charge is 0.385 e. The van der Waals surface area contributed by atoms with Gasteiger partial charge >= 0.3 is 0 Å². The molecule has 0 aliphatic carbocycles. The summed E-state index contributed by atoms with van der Waals surface area (Å²) in [5.41, 5.74) is 0.159. The van der Waals surface area contributed by atoms with Crippen LogP contribution in [0, 0.1) is 0 Å². The molecule has 21 heavy (non-hydrogen) atoms. The molecule has 0 unspecified atom stereocenters. The number of amides is 1. The van der Waals surface area contributed by atoms with E-state index in [0.29, 0.717) is 25.3 Å². The maximum Gasteiger partial charge on any atom is 0.275 e. The number of carbonyl (C=O) groups is 1. The summed E-state index contributed by atoms with van der Waals surface area (Å²) >= 11 is 0. The van der Waals surface area contributed by atoms with E-state index in [1.807, 2.05) is 0 Å². The van der Waals surface area contributed by atoms with E-state index in [2.05, 4.69) is 10.2 Å². The third kappa shape index (κ3) is 4.42. The minimum Gasteiger partial charge on any atom is -0.385 e. The first-order valence-corrected chi connectivity index (χ1v) is 8.78. The maximum absolute atomic E-state index is 12.3. The first kappa shape index (κ1) is 17.9. The van der Waals surface area contributed by atoms with E-state index in [1.165, 1.54) is 4.90 Å². The van der Waals surface area contributed by atoms with Gasteiger partial charge in [-0.2, -0.15) is 5.10 Å². The Morgan fingerprint density at radius 2 is 2.10 bits per heavy atom. The van der Waals surface area contributed by atoms with Gasteiger partial charge in [0, 0.05) is 38.0 Å². The SMILES string of the molecule is COCCCN(C)C(=O)c1n[nH]c(C(C)C)c1S(=O)(=O)Cl. The van der Waals surface area contributed by atoms with Crippen molar-refractivity contribution in [3.63, 3.8) is 0 Å². The van der Waals surface area contributed by atoms with E-state index in [-0.39, 0.29) is 16.5 Å². The van der Waals surface area contributed by atoms with Crippen LogP contribution in [0.2, 0.25) is 0 Å². The summed E-state index contributed by atoms with van der Waals surface area (Å²) in [7, 11) is 4.54. The van der Waals surface area contributed by atoms with Crippen LogP contribution in [0.3, 0.4) is 0 Å². The lowest BCUT2D eigenvalue weighted by molar-refractivity contribution is 0.0770. The van der Waals surface area contributed by atoms with Crippen LogP contribution < -0.4 is 0 Å². The molecule has 1 heterocycles. The molecule has 0 saturated carbocycles. The zero-order valence-electron chi connectivity index (χ0n) is 12.5. The minimum atomic E-state index is -4.06. The highest BCUT2D eigenvalue weighted by Crippen LogP contribution is 2.28. The molecule has 0 spiro atoms. The fraction of sp³-hybridized carbons (Fsp3) is 0.667. The molecule has 0 atom stereocenters. The van der Waals surface area contributed by atoms with Gasteiger partial charge in [-0.3, -0.25) is 9.89 Å². The van der Waals surface area contributed by atoms with Crippen LogP contribution in [0.5, 0.6) is 0 Å². The highest BCUT2D eigenvalue weighted by Gasteiger charge is 2.30. The number of nitrogens with one attached hydrogen (secondary N) is 1. The standard InChI is InChI=1S/C12H20ClN3O4S/c1-8(2)9-11(21(13,18)19)10(15-14-9)12(17)16(3)6-5-7-20-4/h8H,5-7H2,1-4H3,(H,14,15). The van der Waals surface area contributed by atoms with E-state index in [9.17, 15) is 13.2 Å². The van der Waals surface area contributed by atoms with Gasteiger partial charge in [-0.1, -0.05) is 13.8 Å². The normalized spacial score (nSPS) is 11.9. The maximum atomic E-state index is 12.3. The summed E-state index contributed by atoms with van der Waals surface area (Å²) < 4.78 is 28.4. The van der Waals surface area contributed by atoms with Gasteiger partial charge in [0.25, 0.3) is 15.0 Å². The molecule has 1 N–H and O–H groups in total. The number of halogens is 1. The lowest BCUT2D eigenvalue weighted by atomic mass is 10.1. The van der Waals surface area contributed by atoms with E-state index in [0.717, 1.165) is 0 Å².